The predicted octanol–water partition coefficient (Wildman–Crippen LogP) is 0.181. The molecule has 0 amide bonds. The zero-order valence-corrected chi connectivity index (χ0v) is 7.14. The van der Waals surface area contributed by atoms with Gasteiger partial charge in [-0.25, -0.2) is 4.79 Å². The smallest absolute Gasteiger partial charge is 0.339 e. The van der Waals surface area contributed by atoms with E-state index in [-0.39, 0.29) is 11.4 Å². The van der Waals surface area contributed by atoms with Gasteiger partial charge in [0.2, 0.25) is 0 Å². The second kappa shape index (κ2) is 2.89. The van der Waals surface area contributed by atoms with Crippen LogP contribution in [0, 0.1) is 0 Å². The number of rotatable bonds is 1. The number of nitrogens with two attached hydrogens (primary N) is 1. The van der Waals surface area contributed by atoms with E-state index in [0.29, 0.717) is 6.54 Å². The molecule has 0 aromatic heterocycles. The molecular weight excluding hydrogens is 156 g/mol. The first-order valence-electron chi connectivity index (χ1n) is 3.67. The molecular formula is C8H12N2O2. The van der Waals surface area contributed by atoms with E-state index >= 15 is 0 Å². The zero-order valence-electron chi connectivity index (χ0n) is 7.14. The van der Waals surface area contributed by atoms with Gasteiger partial charge in [0, 0.05) is 6.54 Å². The van der Waals surface area contributed by atoms with Crippen LogP contribution in [0.5, 0.6) is 0 Å². The molecule has 1 aliphatic rings. The molecule has 1 rings (SSSR count). The Hall–Kier alpha value is -1.45. The Labute approximate surface area is 70.8 Å². The number of hydrogen-bond acceptors (Lipinski definition) is 3. The molecule has 1 heterocycles. The van der Waals surface area contributed by atoms with E-state index in [4.69, 9.17) is 10.8 Å². The lowest BCUT2D eigenvalue weighted by atomic mass is 9.99. The highest BCUT2D eigenvalue weighted by Crippen LogP contribution is 2.18. The van der Waals surface area contributed by atoms with Crippen LogP contribution in [0.3, 0.4) is 0 Å². The first-order valence-corrected chi connectivity index (χ1v) is 3.67. The molecule has 0 saturated carbocycles. The Balaban J connectivity index is 3.16. The largest absolute Gasteiger partial charge is 0.478 e. The summed E-state index contributed by atoms with van der Waals surface area (Å²) in [6, 6.07) is 0. The van der Waals surface area contributed by atoms with Crippen molar-refractivity contribution in [2.75, 3.05) is 6.54 Å². The fourth-order valence-electron chi connectivity index (χ4n) is 1.14. The van der Waals surface area contributed by atoms with Crippen LogP contribution in [0.15, 0.2) is 22.5 Å². The van der Waals surface area contributed by atoms with Gasteiger partial charge in [0.05, 0.1) is 0 Å². The summed E-state index contributed by atoms with van der Waals surface area (Å²) in [4.78, 5) is 10.7. The van der Waals surface area contributed by atoms with Crippen LogP contribution in [-0.2, 0) is 4.79 Å². The van der Waals surface area contributed by atoms with Crippen LogP contribution in [0.1, 0.15) is 13.8 Å². The molecule has 0 aliphatic carbocycles. The number of carboxylic acids is 1. The normalized spacial score (nSPS) is 17.8. The molecule has 0 aromatic rings. The number of carbonyl (C=O) groups is 1. The third kappa shape index (κ3) is 1.28. The van der Waals surface area contributed by atoms with Crippen molar-refractivity contribution in [3.8, 4) is 0 Å². The van der Waals surface area contributed by atoms with E-state index in [2.05, 4.69) is 5.32 Å². The highest BCUT2D eigenvalue weighted by atomic mass is 16.4. The molecule has 0 bridgehead atoms. The van der Waals surface area contributed by atoms with Gasteiger partial charge in [-0.1, -0.05) is 5.57 Å². The number of hydrogen-bond donors (Lipinski definition) is 3. The summed E-state index contributed by atoms with van der Waals surface area (Å²) in [5.74, 6) is -0.720. The van der Waals surface area contributed by atoms with Crippen LogP contribution in [0.25, 0.3) is 0 Å². The first kappa shape index (κ1) is 8.64. The minimum atomic E-state index is -0.975. The van der Waals surface area contributed by atoms with Crippen molar-refractivity contribution in [3.05, 3.63) is 22.5 Å². The van der Waals surface area contributed by atoms with E-state index in [1.165, 1.54) is 0 Å². The van der Waals surface area contributed by atoms with Crippen molar-refractivity contribution in [2.45, 2.75) is 13.8 Å². The van der Waals surface area contributed by atoms with Crippen LogP contribution in [0.2, 0.25) is 0 Å². The summed E-state index contributed by atoms with van der Waals surface area (Å²) in [7, 11) is 0. The standard InChI is InChI=1S/C8H12N2O2/c1-4-3-10-7(9)6(5(4)2)8(11)12/h10H,3,9H2,1-2H3,(H,11,12). The van der Waals surface area contributed by atoms with Crippen molar-refractivity contribution in [1.82, 2.24) is 5.32 Å². The summed E-state index contributed by atoms with van der Waals surface area (Å²) in [6.07, 6.45) is 0. The van der Waals surface area contributed by atoms with Gasteiger partial charge in [-0.3, -0.25) is 0 Å². The van der Waals surface area contributed by atoms with Gasteiger partial charge in [-0.15, -0.1) is 0 Å². The monoisotopic (exact) mass is 168 g/mol. The zero-order chi connectivity index (χ0) is 9.30. The van der Waals surface area contributed by atoms with Crippen molar-refractivity contribution in [1.29, 1.82) is 0 Å². The SMILES string of the molecule is CC1=C(C)C(C(=O)O)=C(N)NC1. The maximum absolute atomic E-state index is 10.7. The van der Waals surface area contributed by atoms with E-state index in [0.717, 1.165) is 11.1 Å². The lowest BCUT2D eigenvalue weighted by Gasteiger charge is -2.19. The van der Waals surface area contributed by atoms with Gasteiger partial charge < -0.3 is 16.2 Å². The van der Waals surface area contributed by atoms with Crippen molar-refractivity contribution in [3.63, 3.8) is 0 Å². The molecule has 4 N–H and O–H groups in total. The first-order chi connectivity index (χ1) is 5.54. The minimum absolute atomic E-state index is 0.193. The molecule has 4 heteroatoms. The van der Waals surface area contributed by atoms with E-state index < -0.39 is 5.97 Å². The summed E-state index contributed by atoms with van der Waals surface area (Å²) in [5, 5.41) is 11.6. The molecule has 0 radical (unpaired) electrons. The van der Waals surface area contributed by atoms with Gasteiger partial charge in [0.25, 0.3) is 0 Å². The maximum Gasteiger partial charge on any atom is 0.339 e. The summed E-state index contributed by atoms with van der Waals surface area (Å²) < 4.78 is 0. The van der Waals surface area contributed by atoms with Crippen molar-refractivity contribution in [2.24, 2.45) is 5.73 Å². The molecule has 0 aromatic carbocycles. The molecule has 1 aliphatic heterocycles. The Morgan fingerprint density at radius 3 is 2.58 bits per heavy atom. The average molecular weight is 168 g/mol. The number of nitrogens with one attached hydrogen (secondary N) is 1. The third-order valence-electron chi connectivity index (χ3n) is 2.04. The number of dihydropyridines is 1. The van der Waals surface area contributed by atoms with E-state index in [1.54, 1.807) is 6.92 Å². The maximum atomic E-state index is 10.7. The molecule has 0 fully saturated rings. The Morgan fingerprint density at radius 2 is 2.17 bits per heavy atom. The second-order valence-corrected chi connectivity index (χ2v) is 2.85. The third-order valence-corrected chi connectivity index (χ3v) is 2.04. The predicted molar refractivity (Wildman–Crippen MR) is 45.2 cm³/mol. The topological polar surface area (TPSA) is 75.3 Å². The van der Waals surface area contributed by atoms with Gasteiger partial charge >= 0.3 is 5.97 Å². The number of carboxylic acid groups (broad SMARTS) is 1. The summed E-state index contributed by atoms with van der Waals surface area (Å²) in [5.41, 5.74) is 7.46. The Bertz CT molecular complexity index is 289. The van der Waals surface area contributed by atoms with E-state index in [9.17, 15) is 4.79 Å². The van der Waals surface area contributed by atoms with Gasteiger partial charge in [0.1, 0.15) is 11.4 Å². The molecule has 12 heavy (non-hydrogen) atoms. The van der Waals surface area contributed by atoms with Crippen LogP contribution in [0.4, 0.5) is 0 Å². The summed E-state index contributed by atoms with van der Waals surface area (Å²) in [6.45, 7) is 4.29. The van der Waals surface area contributed by atoms with Gasteiger partial charge in [0.15, 0.2) is 0 Å². The van der Waals surface area contributed by atoms with Crippen LogP contribution >= 0.6 is 0 Å². The van der Waals surface area contributed by atoms with Gasteiger partial charge in [-0.05, 0) is 19.4 Å². The molecule has 66 valence electrons. The fourth-order valence-corrected chi connectivity index (χ4v) is 1.14. The lowest BCUT2D eigenvalue weighted by Crippen LogP contribution is -2.31. The Kier molecular flexibility index (Phi) is 2.08. The molecule has 0 spiro atoms. The lowest BCUT2D eigenvalue weighted by molar-refractivity contribution is -0.132. The highest BCUT2D eigenvalue weighted by Gasteiger charge is 2.19. The second-order valence-electron chi connectivity index (χ2n) is 2.85. The average Bonchev–Trinajstić information content (AvgIpc) is 1.97. The summed E-state index contributed by atoms with van der Waals surface area (Å²) >= 11 is 0. The van der Waals surface area contributed by atoms with Gasteiger partial charge in [-0.2, -0.15) is 0 Å². The molecule has 4 nitrogen and oxygen atoms in total. The van der Waals surface area contributed by atoms with Crippen molar-refractivity contribution < 1.29 is 9.90 Å². The quantitative estimate of drug-likeness (QED) is 0.522. The molecule has 0 saturated heterocycles. The minimum Gasteiger partial charge on any atom is -0.478 e. The molecule has 0 unspecified atom stereocenters. The van der Waals surface area contributed by atoms with Crippen molar-refractivity contribution >= 4 is 5.97 Å². The van der Waals surface area contributed by atoms with Crippen LogP contribution < -0.4 is 11.1 Å². The fraction of sp³-hybridized carbons (Fsp3) is 0.375. The highest BCUT2D eigenvalue weighted by molar-refractivity contribution is 5.92. The van der Waals surface area contributed by atoms with E-state index in [1.807, 2.05) is 6.92 Å². The number of aliphatic carboxylic acids is 1. The molecule has 0 atom stereocenters. The van der Waals surface area contributed by atoms with Crippen LogP contribution in [-0.4, -0.2) is 17.6 Å². The Morgan fingerprint density at radius 1 is 1.58 bits per heavy atom.